The van der Waals surface area contributed by atoms with Crippen LogP contribution in [0.1, 0.15) is 0 Å². The molecule has 103 heavy (non-hydrogen) atoms. The summed E-state index contributed by atoms with van der Waals surface area (Å²) in [5, 5.41) is 9.21. The van der Waals surface area contributed by atoms with Crippen LogP contribution in [0.25, 0.3) is 0 Å². The summed E-state index contributed by atoms with van der Waals surface area (Å²) in [4.78, 5) is 36.1. The number of hydrogen-bond donors (Lipinski definition) is 0. The van der Waals surface area contributed by atoms with Gasteiger partial charge in [0.15, 0.2) is 0 Å². The maximum atomic E-state index is 11.9. The van der Waals surface area contributed by atoms with Crippen molar-refractivity contribution in [1.82, 2.24) is 49.8 Å². The van der Waals surface area contributed by atoms with Gasteiger partial charge in [-0.1, -0.05) is 232 Å². The minimum atomic E-state index is -1.15. The van der Waals surface area contributed by atoms with E-state index in [0.717, 1.165) is 0 Å². The van der Waals surface area contributed by atoms with Crippen LogP contribution in [0.5, 0.6) is 0 Å². The molecule has 568 valence electrons. The molecule has 10 nitrogen and oxygen atoms in total. The van der Waals surface area contributed by atoms with Crippen LogP contribution >= 0.6 is 232 Å². The Morgan fingerprint density at radius 1 is 0.223 bits per heavy atom. The van der Waals surface area contributed by atoms with Crippen LogP contribution in [0.4, 0.5) is 13.2 Å². The van der Waals surface area contributed by atoms with Crippen molar-refractivity contribution >= 4 is 232 Å². The van der Waals surface area contributed by atoms with Gasteiger partial charge in [0.25, 0.3) is 0 Å². The van der Waals surface area contributed by atoms with Gasteiger partial charge < -0.3 is 74.3 Å². The maximum absolute atomic E-state index is 11.9. The van der Waals surface area contributed by atoms with Crippen LogP contribution < -0.4 is 0 Å². The number of aromatic nitrogens is 10. The smallest absolute Gasteiger partial charge is 0.218 e. The number of hydrogen-bond acceptors (Lipinski definition) is 10. The molecule has 0 fully saturated rings. The van der Waals surface area contributed by atoms with Crippen LogP contribution in [-0.4, -0.2) is 49.8 Å². The Morgan fingerprint density at radius 3 is 0.777 bits per heavy atom. The molecule has 0 saturated heterocycles. The molecule has 10 rings (SSSR count). The summed E-state index contributed by atoms with van der Waals surface area (Å²) < 4.78 is 35.6. The molecule has 0 aliphatic rings. The van der Waals surface area contributed by atoms with Gasteiger partial charge in [0.05, 0.1) is 45.2 Å². The van der Waals surface area contributed by atoms with E-state index in [1.807, 2.05) is 0 Å². The van der Waals surface area contributed by atoms with E-state index >= 15 is 0 Å². The fraction of sp³-hybridized carbons (Fsp3) is 0. The average molecular weight is 3490 g/mol. The van der Waals surface area contributed by atoms with Crippen LogP contribution in [-0.2, 0) is 224 Å². The van der Waals surface area contributed by atoms with Gasteiger partial charge in [-0.2, -0.15) is 13.8 Å². The van der Waals surface area contributed by atoms with Crippen LogP contribution in [0.3, 0.4) is 0 Å². The van der Waals surface area contributed by atoms with Gasteiger partial charge in [-0.05, 0) is 91.0 Å². The maximum Gasteiger partial charge on any atom is 0.218 e. The van der Waals surface area contributed by atoms with Crippen molar-refractivity contribution in [3.8, 4) is 0 Å². The molecule has 10 aromatic heterocycles. The molecule has 0 aliphatic carbocycles. The average Bonchev–Trinajstić information content (AvgIpc) is 0.920. The van der Waals surface area contributed by atoms with Gasteiger partial charge in [0.1, 0.15) is 47.0 Å². The van der Waals surface area contributed by atoms with Gasteiger partial charge in [0, 0.05) is 313 Å². The van der Waals surface area contributed by atoms with Gasteiger partial charge >= 0.3 is 0 Å². The summed E-state index contributed by atoms with van der Waals surface area (Å²) in [5.41, 5.74) is 0. The molecule has 0 saturated carbocycles. The first-order chi connectivity index (χ1) is 39.1. The summed E-state index contributed by atoms with van der Waals surface area (Å²) in [6.07, 6.45) is 15.4. The van der Waals surface area contributed by atoms with E-state index in [1.54, 1.807) is 116 Å². The number of pyridine rings is 10. The first kappa shape index (κ1) is 159. The third kappa shape index (κ3) is 87.2. The zero-order valence-electron chi connectivity index (χ0n) is 54.7. The molecule has 0 aromatic carbocycles. The largest absolute Gasteiger partial charge is 0.358 e. The normalized spacial score (nSPS) is 7.56. The van der Waals surface area contributed by atoms with Crippen molar-refractivity contribution in [3.63, 3.8) is 0 Å². The van der Waals surface area contributed by atoms with Crippen molar-refractivity contribution in [2.45, 2.75) is 0 Å². The van der Waals surface area contributed by atoms with Gasteiger partial charge in [-0.3, -0.25) is 9.97 Å². The molecule has 0 bridgehead atoms. The standard InChI is InChI=1S/2C5H2Cl3N.7C5H3Cl2N.C5H2F3N.10CH3.10Ta/c6-3-1-4(7)5(8)9-2-3;6-3-1-4(7)9-5(8)2-3;2*6-4-1-2-8-3-5(4)7;2*6-4-1-2-8-5(7)3-4;6-4-1-2-5(7)8-3-4;2*6-4-2-1-3-8-5(4)7;6-3-1-4(7)9-5(8)2-3;;;;;;;;;;;;;;;;;;;;/h2*1-2H;7*1-3H;1-2H;10*1H3;;;;;;;;;;/q;;;;;;;;;;10*-1;;;;;;;;;;. The first-order valence-electron chi connectivity index (χ1n) is 20.9. The van der Waals surface area contributed by atoms with Crippen molar-refractivity contribution in [3.05, 3.63) is 359 Å². The molecule has 10 radical (unpaired) electrons. The number of halogens is 23. The summed E-state index contributed by atoms with van der Waals surface area (Å²) in [5.74, 6) is -3.25. The third-order valence-electron chi connectivity index (χ3n) is 7.16. The Labute approximate surface area is 863 Å². The van der Waals surface area contributed by atoms with E-state index in [4.69, 9.17) is 232 Å². The number of nitrogens with zero attached hydrogens (tertiary/aromatic N) is 10. The van der Waals surface area contributed by atoms with Gasteiger partial charge in [0.2, 0.25) is 11.9 Å². The second kappa shape index (κ2) is 97.1. The molecule has 0 atom stereocenters. The molecule has 0 unspecified atom stereocenters. The predicted octanol–water partition coefficient (Wildman–Crippen LogP) is 28.8. The fourth-order valence-corrected chi connectivity index (χ4v) is 7.03. The summed E-state index contributed by atoms with van der Waals surface area (Å²) in [6, 6.07) is 25.6. The fourth-order valence-electron chi connectivity index (χ4n) is 3.83. The topological polar surface area (TPSA) is 129 Å². The summed E-state index contributed by atoms with van der Waals surface area (Å²) in [7, 11) is 0. The third-order valence-corrected chi connectivity index (χ3v) is 12.8. The predicted molar refractivity (Wildman–Crippen MR) is 407 cm³/mol. The Balaban J connectivity index is -0.0000000404. The quantitative estimate of drug-likeness (QED) is 0.107. The molecule has 0 N–H and O–H groups in total. The zero-order valence-corrected chi connectivity index (χ0v) is 102. The minimum absolute atomic E-state index is 0. The van der Waals surface area contributed by atoms with Crippen molar-refractivity contribution < 1.29 is 237 Å². The van der Waals surface area contributed by atoms with E-state index < -0.39 is 17.7 Å². The van der Waals surface area contributed by atoms with E-state index in [2.05, 4.69) is 49.8 Å². The van der Waals surface area contributed by atoms with E-state index in [-0.39, 0.29) is 303 Å². The number of rotatable bonds is 0. The second-order valence-electron chi connectivity index (χ2n) is 13.3. The van der Waals surface area contributed by atoms with Gasteiger partial charge in [-0.15, -0.1) is 0 Å². The molecule has 10 heterocycles. The summed E-state index contributed by atoms with van der Waals surface area (Å²) in [6.45, 7) is 0. The van der Waals surface area contributed by atoms with Crippen molar-refractivity contribution in [2.24, 2.45) is 0 Å². The first-order valence-corrected chi connectivity index (χ1v) is 28.5. The van der Waals surface area contributed by atoms with E-state index in [0.29, 0.717) is 108 Å². The van der Waals surface area contributed by atoms with Crippen molar-refractivity contribution in [1.29, 1.82) is 0 Å². The zero-order chi connectivity index (χ0) is 62.4. The van der Waals surface area contributed by atoms with Crippen LogP contribution in [0.2, 0.25) is 101 Å². The molecule has 43 heteroatoms. The van der Waals surface area contributed by atoms with E-state index in [1.165, 1.54) is 36.9 Å². The molecular weight excluding hydrogens is 3440 g/mol. The molecule has 0 spiro atoms. The molecular formula is C60H57Cl20F3N10Ta10-10. The Bertz CT molecular complexity index is 3030. The monoisotopic (exact) mass is 3480 g/mol. The SMILES string of the molecule is Clc1cc(Cl)nc(Cl)c1.Clc1ccc(Cl)nc1.Clc1cccnc1Cl.Clc1cccnc1Cl.Clc1ccnc(Cl)c1.Clc1ccnc(Cl)c1.Clc1ccncc1Cl.Clc1ccncc1Cl.Clc1cnc(Cl)c(Cl)c1.Fc1cc(F)nc(F)c1.[CH3-].[CH3-].[CH3-].[CH3-].[CH3-].[CH3-].[CH3-].[CH3-].[CH3-].[CH3-].[Ta].[Ta].[Ta].[Ta].[Ta].[Ta].[Ta].[Ta].[Ta].[Ta]. The van der Waals surface area contributed by atoms with Crippen LogP contribution in [0.15, 0.2) is 165 Å². The second-order valence-corrected chi connectivity index (χ2v) is 21.4. The molecule has 0 amide bonds. The van der Waals surface area contributed by atoms with Crippen molar-refractivity contribution in [2.75, 3.05) is 0 Å². The Morgan fingerprint density at radius 2 is 0.563 bits per heavy atom. The summed E-state index contributed by atoms with van der Waals surface area (Å²) >= 11 is 110. The Hall–Kier alpha value is 4.49. The van der Waals surface area contributed by atoms with Crippen LogP contribution in [0, 0.1) is 92.0 Å². The minimum Gasteiger partial charge on any atom is -0.358 e. The molecule has 10 aromatic rings. The van der Waals surface area contributed by atoms with E-state index in [9.17, 15) is 13.2 Å². The van der Waals surface area contributed by atoms with Gasteiger partial charge in [-0.25, -0.2) is 39.3 Å². The Kier molecular flexibility index (Phi) is 150. The molecule has 0 aliphatic heterocycles.